The number of benzene rings is 1. The minimum atomic E-state index is 0. The monoisotopic (exact) mass is 283 g/mol. The summed E-state index contributed by atoms with van der Waals surface area (Å²) in [6.07, 6.45) is 9.74. The Morgan fingerprint density at radius 2 is 1.58 bits per heavy atom. The minimum Gasteiger partial charge on any atom is -0.497 e. The van der Waals surface area contributed by atoms with Crippen LogP contribution >= 0.6 is 12.4 Å². The van der Waals surface area contributed by atoms with Gasteiger partial charge in [0.2, 0.25) is 0 Å². The Morgan fingerprint density at radius 3 is 2.16 bits per heavy atom. The second-order valence-electron chi connectivity index (χ2n) is 5.27. The van der Waals surface area contributed by atoms with Gasteiger partial charge in [0.25, 0.3) is 0 Å². The molecular formula is C16H26ClNO. The van der Waals surface area contributed by atoms with Crippen molar-refractivity contribution in [1.29, 1.82) is 0 Å². The number of rotatable bonds is 4. The smallest absolute Gasteiger partial charge is 0.118 e. The average Bonchev–Trinajstić information content (AvgIpc) is 2.38. The lowest BCUT2D eigenvalue weighted by Crippen LogP contribution is -2.29. The Bertz CT molecular complexity index is 331. The molecule has 0 radical (unpaired) electrons. The predicted molar refractivity (Wildman–Crippen MR) is 83.2 cm³/mol. The molecule has 0 bridgehead atoms. The Morgan fingerprint density at radius 1 is 1.00 bits per heavy atom. The first-order chi connectivity index (χ1) is 8.88. The van der Waals surface area contributed by atoms with E-state index in [4.69, 9.17) is 4.74 Å². The van der Waals surface area contributed by atoms with Gasteiger partial charge in [-0.1, -0.05) is 44.2 Å². The van der Waals surface area contributed by atoms with Crippen molar-refractivity contribution in [3.63, 3.8) is 0 Å². The molecule has 19 heavy (non-hydrogen) atoms. The van der Waals surface area contributed by atoms with Crippen LogP contribution in [0.25, 0.3) is 0 Å². The van der Waals surface area contributed by atoms with Crippen molar-refractivity contribution in [1.82, 2.24) is 5.32 Å². The van der Waals surface area contributed by atoms with E-state index >= 15 is 0 Å². The third kappa shape index (κ3) is 5.84. The zero-order valence-electron chi connectivity index (χ0n) is 11.9. The van der Waals surface area contributed by atoms with E-state index < -0.39 is 0 Å². The lowest BCUT2D eigenvalue weighted by molar-refractivity contribution is 0.388. The van der Waals surface area contributed by atoms with E-state index in [2.05, 4.69) is 17.4 Å². The molecule has 1 aromatic rings. The zero-order valence-corrected chi connectivity index (χ0v) is 12.7. The maximum atomic E-state index is 5.17. The lowest BCUT2D eigenvalue weighted by Gasteiger charge is -2.21. The minimum absolute atomic E-state index is 0. The summed E-state index contributed by atoms with van der Waals surface area (Å²) in [7, 11) is 1.71. The fourth-order valence-electron chi connectivity index (χ4n) is 2.67. The number of methoxy groups -OCH3 is 1. The molecule has 2 nitrogen and oxygen atoms in total. The third-order valence-corrected chi connectivity index (χ3v) is 3.86. The van der Waals surface area contributed by atoms with Crippen LogP contribution in [0.15, 0.2) is 24.3 Å². The Balaban J connectivity index is 0.00000180. The molecule has 0 heterocycles. The first kappa shape index (κ1) is 16.3. The van der Waals surface area contributed by atoms with E-state index in [1.807, 2.05) is 12.1 Å². The van der Waals surface area contributed by atoms with E-state index in [0.29, 0.717) is 6.04 Å². The Labute approximate surface area is 123 Å². The number of hydrogen-bond donors (Lipinski definition) is 1. The molecule has 1 saturated carbocycles. The molecule has 0 atom stereocenters. The van der Waals surface area contributed by atoms with Gasteiger partial charge in [0.15, 0.2) is 0 Å². The summed E-state index contributed by atoms with van der Waals surface area (Å²) in [5.41, 5.74) is 1.35. The highest BCUT2D eigenvalue weighted by Crippen LogP contribution is 2.18. The van der Waals surface area contributed by atoms with Crippen LogP contribution in [0.3, 0.4) is 0 Å². The van der Waals surface area contributed by atoms with Crippen LogP contribution in [0.4, 0.5) is 0 Å². The van der Waals surface area contributed by atoms with Crippen molar-refractivity contribution >= 4 is 12.4 Å². The van der Waals surface area contributed by atoms with Gasteiger partial charge in [0.1, 0.15) is 5.75 Å². The molecule has 0 aliphatic heterocycles. The fourth-order valence-corrected chi connectivity index (χ4v) is 2.67. The molecule has 0 spiro atoms. The number of ether oxygens (including phenoxy) is 1. The molecule has 1 aliphatic rings. The molecule has 0 unspecified atom stereocenters. The average molecular weight is 284 g/mol. The van der Waals surface area contributed by atoms with Gasteiger partial charge in [-0.05, 0) is 30.5 Å². The van der Waals surface area contributed by atoms with Gasteiger partial charge in [0.05, 0.1) is 7.11 Å². The third-order valence-electron chi connectivity index (χ3n) is 3.86. The molecule has 1 fully saturated rings. The molecule has 0 saturated heterocycles. The van der Waals surface area contributed by atoms with Crippen LogP contribution in [0.1, 0.15) is 50.5 Å². The second-order valence-corrected chi connectivity index (χ2v) is 5.27. The zero-order chi connectivity index (χ0) is 12.6. The van der Waals surface area contributed by atoms with Crippen molar-refractivity contribution < 1.29 is 4.74 Å². The van der Waals surface area contributed by atoms with Gasteiger partial charge < -0.3 is 10.1 Å². The summed E-state index contributed by atoms with van der Waals surface area (Å²) in [6, 6.07) is 9.08. The maximum Gasteiger partial charge on any atom is 0.118 e. The van der Waals surface area contributed by atoms with Gasteiger partial charge in [-0.3, -0.25) is 0 Å². The van der Waals surface area contributed by atoms with Crippen molar-refractivity contribution in [3.05, 3.63) is 29.8 Å². The fraction of sp³-hybridized carbons (Fsp3) is 0.625. The quantitative estimate of drug-likeness (QED) is 0.888. The first-order valence-corrected chi connectivity index (χ1v) is 7.25. The molecule has 1 aliphatic carbocycles. The van der Waals surface area contributed by atoms with Crippen molar-refractivity contribution in [2.75, 3.05) is 7.11 Å². The Hall–Kier alpha value is -0.730. The summed E-state index contributed by atoms with van der Waals surface area (Å²) >= 11 is 0. The topological polar surface area (TPSA) is 21.3 Å². The number of nitrogens with one attached hydrogen (secondary N) is 1. The maximum absolute atomic E-state index is 5.17. The molecule has 1 N–H and O–H groups in total. The van der Waals surface area contributed by atoms with E-state index in [1.54, 1.807) is 7.11 Å². The van der Waals surface area contributed by atoms with Gasteiger partial charge in [-0.2, -0.15) is 0 Å². The van der Waals surface area contributed by atoms with Crippen LogP contribution < -0.4 is 10.1 Å². The van der Waals surface area contributed by atoms with Gasteiger partial charge in [-0.25, -0.2) is 0 Å². The summed E-state index contributed by atoms with van der Waals surface area (Å²) in [5, 5.41) is 3.70. The molecule has 0 amide bonds. The van der Waals surface area contributed by atoms with E-state index in [1.165, 1.54) is 50.5 Å². The van der Waals surface area contributed by atoms with Crippen LogP contribution in [-0.2, 0) is 6.54 Å². The molecule has 2 rings (SSSR count). The van der Waals surface area contributed by atoms with Gasteiger partial charge in [-0.15, -0.1) is 12.4 Å². The van der Waals surface area contributed by atoms with Crippen LogP contribution in [0, 0.1) is 0 Å². The van der Waals surface area contributed by atoms with E-state index in [0.717, 1.165) is 12.3 Å². The number of hydrogen-bond acceptors (Lipinski definition) is 2. The summed E-state index contributed by atoms with van der Waals surface area (Å²) in [4.78, 5) is 0. The van der Waals surface area contributed by atoms with Gasteiger partial charge >= 0.3 is 0 Å². The van der Waals surface area contributed by atoms with Crippen LogP contribution in [-0.4, -0.2) is 13.2 Å². The van der Waals surface area contributed by atoms with Gasteiger partial charge in [0, 0.05) is 12.6 Å². The molecule has 108 valence electrons. The second kappa shape index (κ2) is 9.22. The standard InChI is InChI=1S/C16H25NO.ClH/c1-18-16-11-9-14(10-12-16)13-17-15-7-5-3-2-4-6-8-15;/h9-12,15,17H,2-8,13H2,1H3;1H. The highest BCUT2D eigenvalue weighted by Gasteiger charge is 2.10. The largest absolute Gasteiger partial charge is 0.497 e. The lowest BCUT2D eigenvalue weighted by atomic mass is 9.96. The predicted octanol–water partition coefficient (Wildman–Crippen LogP) is 4.32. The van der Waals surface area contributed by atoms with Crippen LogP contribution in [0.2, 0.25) is 0 Å². The highest BCUT2D eigenvalue weighted by atomic mass is 35.5. The molecule has 0 aromatic heterocycles. The Kier molecular flexibility index (Phi) is 7.92. The van der Waals surface area contributed by atoms with Crippen LogP contribution in [0.5, 0.6) is 5.75 Å². The highest BCUT2D eigenvalue weighted by molar-refractivity contribution is 5.85. The van der Waals surface area contributed by atoms with Crippen molar-refractivity contribution in [2.45, 2.75) is 57.5 Å². The number of halogens is 1. The molecule has 1 aromatic carbocycles. The van der Waals surface area contributed by atoms with Crippen molar-refractivity contribution in [2.24, 2.45) is 0 Å². The SMILES string of the molecule is COc1ccc(CNC2CCCCCCC2)cc1.Cl. The normalized spacial score (nSPS) is 17.1. The van der Waals surface area contributed by atoms with Crippen molar-refractivity contribution in [3.8, 4) is 5.75 Å². The molecular weight excluding hydrogens is 258 g/mol. The summed E-state index contributed by atoms with van der Waals surface area (Å²) in [6.45, 7) is 0.981. The first-order valence-electron chi connectivity index (χ1n) is 7.25. The van der Waals surface area contributed by atoms with E-state index in [-0.39, 0.29) is 12.4 Å². The van der Waals surface area contributed by atoms with E-state index in [9.17, 15) is 0 Å². The summed E-state index contributed by atoms with van der Waals surface area (Å²) in [5.74, 6) is 0.935. The summed E-state index contributed by atoms with van der Waals surface area (Å²) < 4.78 is 5.17. The molecule has 3 heteroatoms.